The van der Waals surface area contributed by atoms with Gasteiger partial charge in [0.2, 0.25) is 0 Å². The number of allylic oxidation sites excluding steroid dienone is 2. The van der Waals surface area contributed by atoms with E-state index in [0.717, 1.165) is 54.6 Å². The molecule has 0 aromatic heterocycles. The number of carbonyl (C=O) groups is 1. The fourth-order valence-electron chi connectivity index (χ4n) is 5.23. The first-order chi connectivity index (χ1) is 18.2. The lowest BCUT2D eigenvalue weighted by molar-refractivity contribution is -0.128. The lowest BCUT2D eigenvalue weighted by atomic mass is 10.0. The highest BCUT2D eigenvalue weighted by atomic mass is 35.5. The zero-order chi connectivity index (χ0) is 25.2. The maximum Gasteiger partial charge on any atom is 0.253 e. The minimum atomic E-state index is 0.0645. The van der Waals surface area contributed by atoms with Crippen LogP contribution < -0.4 is 10.6 Å². The molecule has 0 saturated carbocycles. The van der Waals surface area contributed by atoms with Gasteiger partial charge in [0.25, 0.3) is 5.91 Å². The van der Waals surface area contributed by atoms with Crippen LogP contribution in [0.15, 0.2) is 103 Å². The maximum atomic E-state index is 12.9. The molecule has 1 atom stereocenters. The van der Waals surface area contributed by atoms with Crippen molar-refractivity contribution in [3.8, 4) is 0 Å². The highest BCUT2D eigenvalue weighted by Gasteiger charge is 2.33. The Morgan fingerprint density at radius 3 is 2.46 bits per heavy atom. The summed E-state index contributed by atoms with van der Waals surface area (Å²) >= 11 is 6.19. The van der Waals surface area contributed by atoms with Gasteiger partial charge in [0.05, 0.1) is 11.4 Å². The van der Waals surface area contributed by atoms with Gasteiger partial charge in [0.15, 0.2) is 0 Å². The molecule has 1 unspecified atom stereocenters. The molecule has 4 aliphatic rings. The van der Waals surface area contributed by atoms with Crippen molar-refractivity contribution in [2.45, 2.75) is 6.17 Å². The Bertz CT molecular complexity index is 1320. The van der Waals surface area contributed by atoms with Crippen molar-refractivity contribution in [3.63, 3.8) is 0 Å². The lowest BCUT2D eigenvalue weighted by Crippen LogP contribution is -2.50. The molecular formula is C30H30ClN5O. The molecule has 4 aliphatic heterocycles. The van der Waals surface area contributed by atoms with Crippen LogP contribution in [0.5, 0.6) is 0 Å². The van der Waals surface area contributed by atoms with E-state index < -0.39 is 0 Å². The predicted molar refractivity (Wildman–Crippen MR) is 149 cm³/mol. The quantitative estimate of drug-likeness (QED) is 0.634. The van der Waals surface area contributed by atoms with E-state index in [1.54, 1.807) is 0 Å². The number of amides is 1. The van der Waals surface area contributed by atoms with Crippen LogP contribution in [0.1, 0.15) is 11.1 Å². The van der Waals surface area contributed by atoms with Gasteiger partial charge in [-0.15, -0.1) is 0 Å². The van der Waals surface area contributed by atoms with E-state index in [9.17, 15) is 4.79 Å². The van der Waals surface area contributed by atoms with Crippen LogP contribution in [-0.2, 0) is 4.79 Å². The number of hydrogen-bond donors (Lipinski definition) is 2. The predicted octanol–water partition coefficient (Wildman–Crippen LogP) is 4.04. The number of halogens is 1. The summed E-state index contributed by atoms with van der Waals surface area (Å²) in [5, 5.41) is 7.57. The van der Waals surface area contributed by atoms with Gasteiger partial charge in [-0.2, -0.15) is 0 Å². The van der Waals surface area contributed by atoms with Crippen LogP contribution >= 0.6 is 11.6 Å². The molecule has 2 N–H and O–H groups in total. The molecule has 2 aromatic carbocycles. The molecule has 1 amide bonds. The topological polar surface area (TPSA) is 50.9 Å². The van der Waals surface area contributed by atoms with Crippen molar-refractivity contribution < 1.29 is 4.79 Å². The van der Waals surface area contributed by atoms with Crippen molar-refractivity contribution in [2.75, 3.05) is 39.3 Å². The minimum absolute atomic E-state index is 0.0645. The highest BCUT2D eigenvalue weighted by molar-refractivity contribution is 6.30. The van der Waals surface area contributed by atoms with Gasteiger partial charge in [-0.05, 0) is 47.2 Å². The molecule has 0 spiro atoms. The van der Waals surface area contributed by atoms with Crippen LogP contribution in [-0.4, -0.2) is 66.0 Å². The lowest BCUT2D eigenvalue weighted by Gasteiger charge is -2.37. The number of carbonyl (C=O) groups excluding carboxylic acids is 1. The van der Waals surface area contributed by atoms with Crippen molar-refractivity contribution >= 4 is 28.8 Å². The van der Waals surface area contributed by atoms with Crippen LogP contribution in [0.3, 0.4) is 0 Å². The number of piperazine rings is 1. The number of dihydropyridines is 1. The second-order valence-corrected chi connectivity index (χ2v) is 10.0. The summed E-state index contributed by atoms with van der Waals surface area (Å²) in [5.74, 6) is 0.123. The van der Waals surface area contributed by atoms with E-state index in [-0.39, 0.29) is 12.1 Å². The SMILES string of the molecule is O=C(C1=CCNC=C1)N1CCN(CC2=C(c3ccc(Cl)cc3)NC3C=CC(c4ccccc4)=CN23)CC1. The van der Waals surface area contributed by atoms with E-state index in [1.807, 2.05) is 41.5 Å². The molecule has 0 aliphatic carbocycles. The van der Waals surface area contributed by atoms with Crippen molar-refractivity contribution in [2.24, 2.45) is 0 Å². The first kappa shape index (κ1) is 23.6. The smallest absolute Gasteiger partial charge is 0.253 e. The first-order valence-corrected chi connectivity index (χ1v) is 13.1. The molecular weight excluding hydrogens is 482 g/mol. The van der Waals surface area contributed by atoms with E-state index in [0.29, 0.717) is 6.54 Å². The fraction of sp³-hybridized carbons (Fsp3) is 0.233. The van der Waals surface area contributed by atoms with Gasteiger partial charge < -0.3 is 20.4 Å². The molecule has 1 fully saturated rings. The number of hydrogen-bond acceptors (Lipinski definition) is 5. The summed E-state index contributed by atoms with van der Waals surface area (Å²) in [7, 11) is 0. The normalized spacial score (nSPS) is 21.3. The standard InChI is InChI=1S/C30H30ClN5O/c31-26-9-6-23(7-10-26)29-27(36-20-25(8-11-28(36)33-29)22-4-2-1-3-5-22)21-34-16-18-35(19-17-34)30(37)24-12-14-32-15-13-24/h1-14,20,28,32-33H,15-19,21H2. The van der Waals surface area contributed by atoms with Crippen molar-refractivity contribution in [3.05, 3.63) is 119 Å². The Morgan fingerprint density at radius 1 is 0.946 bits per heavy atom. The van der Waals surface area contributed by atoms with Crippen molar-refractivity contribution in [1.29, 1.82) is 0 Å². The number of benzene rings is 2. The molecule has 6 nitrogen and oxygen atoms in total. The second kappa shape index (κ2) is 10.3. The van der Waals surface area contributed by atoms with Gasteiger partial charge >= 0.3 is 0 Å². The highest BCUT2D eigenvalue weighted by Crippen LogP contribution is 2.34. The molecule has 37 heavy (non-hydrogen) atoms. The Balaban J connectivity index is 1.24. The largest absolute Gasteiger partial charge is 0.387 e. The second-order valence-electron chi connectivity index (χ2n) is 9.60. The van der Waals surface area contributed by atoms with Crippen molar-refractivity contribution in [1.82, 2.24) is 25.3 Å². The average molecular weight is 512 g/mol. The number of nitrogens with one attached hydrogen (secondary N) is 2. The maximum absolute atomic E-state index is 12.9. The van der Waals surface area contributed by atoms with Crippen LogP contribution in [0.2, 0.25) is 5.02 Å². The summed E-state index contributed by atoms with van der Waals surface area (Å²) in [6, 6.07) is 18.5. The summed E-state index contributed by atoms with van der Waals surface area (Å²) in [6.45, 7) is 4.62. The number of fused-ring (bicyclic) bond motifs is 1. The third kappa shape index (κ3) is 4.95. The monoisotopic (exact) mass is 511 g/mol. The first-order valence-electron chi connectivity index (χ1n) is 12.8. The molecule has 7 heteroatoms. The van der Waals surface area contributed by atoms with Crippen LogP contribution in [0.25, 0.3) is 11.3 Å². The Morgan fingerprint density at radius 2 is 1.73 bits per heavy atom. The number of nitrogens with zero attached hydrogens (tertiary/aromatic N) is 3. The molecule has 4 heterocycles. The Labute approximate surface area is 222 Å². The third-order valence-electron chi connectivity index (χ3n) is 7.27. The average Bonchev–Trinajstić information content (AvgIpc) is 3.32. The van der Waals surface area contributed by atoms with Gasteiger partial charge in [0, 0.05) is 56.1 Å². The molecule has 1 saturated heterocycles. The summed E-state index contributed by atoms with van der Waals surface area (Å²) in [4.78, 5) is 19.7. The van der Waals surface area contributed by atoms with E-state index in [4.69, 9.17) is 11.6 Å². The Hall–Kier alpha value is -3.74. The fourth-order valence-corrected chi connectivity index (χ4v) is 5.35. The molecule has 0 radical (unpaired) electrons. The zero-order valence-corrected chi connectivity index (χ0v) is 21.4. The third-order valence-corrected chi connectivity index (χ3v) is 7.52. The number of rotatable bonds is 5. The van der Waals surface area contributed by atoms with Gasteiger partial charge in [0.1, 0.15) is 6.17 Å². The minimum Gasteiger partial charge on any atom is -0.387 e. The van der Waals surface area contributed by atoms with E-state index in [2.05, 4.69) is 75.2 Å². The summed E-state index contributed by atoms with van der Waals surface area (Å²) < 4.78 is 0. The van der Waals surface area contributed by atoms with Gasteiger partial charge in [-0.1, -0.05) is 66.2 Å². The van der Waals surface area contributed by atoms with E-state index in [1.165, 1.54) is 16.8 Å². The van der Waals surface area contributed by atoms with Gasteiger partial charge in [-0.25, -0.2) is 0 Å². The summed E-state index contributed by atoms with van der Waals surface area (Å²) in [5.41, 5.74) is 6.64. The van der Waals surface area contributed by atoms with Crippen LogP contribution in [0, 0.1) is 0 Å². The van der Waals surface area contributed by atoms with Crippen LogP contribution in [0.4, 0.5) is 0 Å². The van der Waals surface area contributed by atoms with Gasteiger partial charge in [-0.3, -0.25) is 9.69 Å². The molecule has 0 bridgehead atoms. The molecule has 2 aromatic rings. The zero-order valence-electron chi connectivity index (χ0n) is 20.6. The Kier molecular flexibility index (Phi) is 6.60. The summed E-state index contributed by atoms with van der Waals surface area (Å²) in [6.07, 6.45) is 12.4. The van der Waals surface area contributed by atoms with E-state index >= 15 is 0 Å². The molecule has 6 rings (SSSR count). The molecule has 188 valence electrons.